The Morgan fingerprint density at radius 2 is 2.11 bits per heavy atom. The number of aliphatic hydroxyl groups is 1. The normalized spacial score (nSPS) is 33.4. The van der Waals surface area contributed by atoms with Gasteiger partial charge in [0, 0.05) is 24.2 Å². The molecule has 37 heavy (non-hydrogen) atoms. The Balaban J connectivity index is 1.28. The van der Waals surface area contributed by atoms with Gasteiger partial charge in [0.05, 0.1) is 15.9 Å². The number of phenolic OH excluding ortho intramolecular Hbond substituents is 1. The van der Waals surface area contributed by atoms with Gasteiger partial charge in [0.25, 0.3) is 5.69 Å². The van der Waals surface area contributed by atoms with Crippen molar-refractivity contribution in [2.45, 2.75) is 55.3 Å². The number of amides is 1. The molecule has 192 valence electrons. The number of nitrogens with zero attached hydrogens (tertiary/aromatic N) is 3. The predicted molar refractivity (Wildman–Crippen MR) is 128 cm³/mol. The zero-order valence-electron chi connectivity index (χ0n) is 19.9. The van der Waals surface area contributed by atoms with Crippen molar-refractivity contribution >= 4 is 23.2 Å². The number of rotatable bonds is 5. The van der Waals surface area contributed by atoms with E-state index >= 15 is 0 Å². The maximum absolute atomic E-state index is 13.8. The maximum Gasteiger partial charge on any atom is 0.287 e. The van der Waals surface area contributed by atoms with Crippen molar-refractivity contribution < 1.29 is 29.5 Å². The van der Waals surface area contributed by atoms with Crippen molar-refractivity contribution in [3.8, 4) is 11.5 Å². The first-order chi connectivity index (χ1) is 17.7. The minimum absolute atomic E-state index is 0.0745. The minimum atomic E-state index is -1.42. The summed E-state index contributed by atoms with van der Waals surface area (Å²) < 4.78 is 6.14. The lowest BCUT2D eigenvalue weighted by Crippen LogP contribution is -2.78. The van der Waals surface area contributed by atoms with E-state index in [-0.39, 0.29) is 35.5 Å². The first kappa shape index (κ1) is 22.6. The Morgan fingerprint density at radius 1 is 1.30 bits per heavy atom. The largest absolute Gasteiger partial charge is 0.504 e. The summed E-state index contributed by atoms with van der Waals surface area (Å²) in [6, 6.07) is 5.66. The zero-order chi connectivity index (χ0) is 25.7. The molecular weight excluding hydrogens is 480 g/mol. The van der Waals surface area contributed by atoms with Crippen LogP contribution < -0.4 is 10.1 Å². The van der Waals surface area contributed by atoms with E-state index in [0.29, 0.717) is 30.9 Å². The number of likely N-dealkylation sites (tertiary alicyclic amines) is 1. The Hall–Kier alpha value is -3.57. The predicted octanol–water partition coefficient (Wildman–Crippen LogP) is 1.69. The molecule has 2 aliphatic heterocycles. The number of aromatic nitrogens is 1. The maximum atomic E-state index is 13.8. The molecule has 5 aliphatic rings. The van der Waals surface area contributed by atoms with Gasteiger partial charge < -0.3 is 20.3 Å². The third-order valence-corrected chi connectivity index (χ3v) is 9.16. The molecule has 5 atom stereocenters. The number of anilines is 1. The van der Waals surface area contributed by atoms with Crippen LogP contribution in [0.3, 0.4) is 0 Å². The van der Waals surface area contributed by atoms with Gasteiger partial charge in [-0.05, 0) is 62.3 Å². The van der Waals surface area contributed by atoms with Gasteiger partial charge in [0.15, 0.2) is 23.4 Å². The highest BCUT2D eigenvalue weighted by Crippen LogP contribution is 2.65. The highest BCUT2D eigenvalue weighted by molar-refractivity contribution is 6.10. The second-order valence-corrected chi connectivity index (χ2v) is 11.1. The van der Waals surface area contributed by atoms with Gasteiger partial charge >= 0.3 is 0 Å². The van der Waals surface area contributed by atoms with Crippen LogP contribution in [-0.4, -0.2) is 67.5 Å². The highest BCUT2D eigenvalue weighted by atomic mass is 16.6. The average Bonchev–Trinajstić information content (AvgIpc) is 3.61. The summed E-state index contributed by atoms with van der Waals surface area (Å²) in [6.07, 6.45) is 3.21. The van der Waals surface area contributed by atoms with Crippen LogP contribution in [0.1, 0.15) is 36.8 Å². The van der Waals surface area contributed by atoms with Gasteiger partial charge in [-0.1, -0.05) is 6.07 Å². The fraction of sp³-hybridized carbons (Fsp3) is 0.500. The van der Waals surface area contributed by atoms with E-state index in [2.05, 4.69) is 15.2 Å². The standard InChI is InChI=1S/C26H26N4O7/c31-17-5-3-14-9-18-26(34)10-16(24(33)28-19-6-4-15(11-27-19)30(35)36)21(32)23-25(26,20(14)22(17)37-23)7-8-29(18)12-13-1-2-13/h3-6,11,13,16,18,23,31,34H,1-2,7-10,12H2,(H,27,28,33)/t16?,18-,23+,25+,26-/m1/s1. The number of ketones is 1. The van der Waals surface area contributed by atoms with E-state index in [0.717, 1.165) is 18.3 Å². The first-order valence-corrected chi connectivity index (χ1v) is 12.7. The first-order valence-electron chi connectivity index (χ1n) is 12.7. The van der Waals surface area contributed by atoms with Crippen LogP contribution in [0.15, 0.2) is 30.5 Å². The van der Waals surface area contributed by atoms with Gasteiger partial charge in [-0.25, -0.2) is 4.98 Å². The number of carbonyl (C=O) groups excluding carboxylic acids is 2. The van der Waals surface area contributed by atoms with Crippen LogP contribution in [0, 0.1) is 22.0 Å². The summed E-state index contributed by atoms with van der Waals surface area (Å²) >= 11 is 0. The minimum Gasteiger partial charge on any atom is -0.504 e. The van der Waals surface area contributed by atoms with E-state index in [1.165, 1.54) is 25.0 Å². The number of Topliss-reactive ketones (excluding diaryl/α,β-unsaturated/α-hetero) is 1. The number of phenols is 1. The molecule has 1 amide bonds. The van der Waals surface area contributed by atoms with Crippen LogP contribution >= 0.6 is 0 Å². The highest BCUT2D eigenvalue weighted by Gasteiger charge is 2.75. The zero-order valence-corrected chi connectivity index (χ0v) is 19.9. The van der Waals surface area contributed by atoms with Crippen molar-refractivity contribution in [2.24, 2.45) is 11.8 Å². The Bertz CT molecular complexity index is 1360. The molecule has 3 N–H and O–H groups in total. The summed E-state index contributed by atoms with van der Waals surface area (Å²) in [6.45, 7) is 1.57. The molecule has 7 rings (SSSR count). The quantitative estimate of drug-likeness (QED) is 0.312. The summed E-state index contributed by atoms with van der Waals surface area (Å²) in [5, 5.41) is 36.7. The summed E-state index contributed by atoms with van der Waals surface area (Å²) in [5.41, 5.74) is -0.988. The van der Waals surface area contributed by atoms with Crippen molar-refractivity contribution in [1.82, 2.24) is 9.88 Å². The van der Waals surface area contributed by atoms with E-state index in [1.807, 2.05) is 6.07 Å². The smallest absolute Gasteiger partial charge is 0.287 e. The molecule has 1 spiro atoms. The number of hydrogen-bond donors (Lipinski definition) is 3. The number of benzene rings is 1. The third-order valence-electron chi connectivity index (χ3n) is 9.16. The second-order valence-electron chi connectivity index (χ2n) is 11.1. The van der Waals surface area contributed by atoms with E-state index < -0.39 is 39.7 Å². The fourth-order valence-corrected chi connectivity index (χ4v) is 7.31. The summed E-state index contributed by atoms with van der Waals surface area (Å²) in [4.78, 5) is 43.8. The monoisotopic (exact) mass is 506 g/mol. The van der Waals surface area contributed by atoms with Crippen LogP contribution in [-0.2, 0) is 21.4 Å². The van der Waals surface area contributed by atoms with Crippen LogP contribution in [0.25, 0.3) is 0 Å². The van der Waals surface area contributed by atoms with Gasteiger partial charge in [0.1, 0.15) is 17.9 Å². The van der Waals surface area contributed by atoms with Crippen LogP contribution in [0.5, 0.6) is 11.5 Å². The SMILES string of the molecule is O=C(Nc1ccc([N+](=O)[O-])cn1)C1C[C@@]2(O)[C@H]3Cc4ccc(O)c5c4[C@@]2(CCN3CC2CC2)[C@@H](O5)C1=O. The molecule has 3 heterocycles. The molecular formula is C26H26N4O7. The molecule has 2 saturated carbocycles. The number of aromatic hydroxyl groups is 1. The van der Waals surface area contributed by atoms with Gasteiger partial charge in [-0.2, -0.15) is 0 Å². The van der Waals surface area contributed by atoms with Crippen molar-refractivity contribution in [1.29, 1.82) is 0 Å². The molecule has 1 unspecified atom stereocenters. The Morgan fingerprint density at radius 3 is 2.81 bits per heavy atom. The molecule has 11 nitrogen and oxygen atoms in total. The number of piperidine rings is 1. The Kier molecular flexibility index (Phi) is 4.57. The summed E-state index contributed by atoms with van der Waals surface area (Å²) in [5.74, 6) is -1.46. The van der Waals surface area contributed by atoms with E-state index in [1.54, 1.807) is 6.07 Å². The molecule has 1 aromatic heterocycles. The molecule has 2 bridgehead atoms. The van der Waals surface area contributed by atoms with Gasteiger partial charge in [-0.15, -0.1) is 0 Å². The topological polar surface area (TPSA) is 155 Å². The average molecular weight is 507 g/mol. The van der Waals surface area contributed by atoms with Crippen molar-refractivity contribution in [2.75, 3.05) is 18.4 Å². The molecule has 3 aliphatic carbocycles. The Labute approximate surface area is 211 Å². The molecule has 1 saturated heterocycles. The fourth-order valence-electron chi connectivity index (χ4n) is 7.31. The summed E-state index contributed by atoms with van der Waals surface area (Å²) in [7, 11) is 0. The third kappa shape index (κ3) is 2.98. The number of nitrogens with one attached hydrogen (secondary N) is 1. The lowest BCUT2D eigenvalue weighted by Gasteiger charge is -2.63. The van der Waals surface area contributed by atoms with Crippen LogP contribution in [0.4, 0.5) is 11.5 Å². The number of carbonyl (C=O) groups is 2. The number of nitro groups is 1. The molecule has 3 fully saturated rings. The molecule has 1 aromatic carbocycles. The molecule has 11 heteroatoms. The molecule has 2 aromatic rings. The lowest BCUT2D eigenvalue weighted by molar-refractivity contribution is -0.385. The van der Waals surface area contributed by atoms with Gasteiger partial charge in [0.2, 0.25) is 5.91 Å². The van der Waals surface area contributed by atoms with Crippen molar-refractivity contribution in [3.63, 3.8) is 0 Å². The van der Waals surface area contributed by atoms with Crippen molar-refractivity contribution in [3.05, 3.63) is 51.7 Å². The number of hydrogen-bond acceptors (Lipinski definition) is 9. The van der Waals surface area contributed by atoms with E-state index in [4.69, 9.17) is 4.74 Å². The van der Waals surface area contributed by atoms with Crippen LogP contribution in [0.2, 0.25) is 0 Å². The lowest BCUT2D eigenvalue weighted by atomic mass is 9.47. The van der Waals surface area contributed by atoms with E-state index in [9.17, 15) is 29.9 Å². The second kappa shape index (κ2) is 7.48. The van der Waals surface area contributed by atoms with Gasteiger partial charge in [-0.3, -0.25) is 24.6 Å². The number of pyridine rings is 1. The molecule has 0 radical (unpaired) electrons. The number of ether oxygens (including phenoxy) is 1.